The van der Waals surface area contributed by atoms with E-state index in [1.165, 1.54) is 16.8 Å². The number of esters is 1. The Hall–Kier alpha value is -3.97. The summed E-state index contributed by atoms with van der Waals surface area (Å²) in [6.07, 6.45) is 2.62. The van der Waals surface area contributed by atoms with E-state index in [-0.39, 0.29) is 38.0 Å². The Morgan fingerprint density at radius 3 is 2.52 bits per heavy atom. The molecule has 2 N–H and O–H groups in total. The fourth-order valence-corrected chi connectivity index (χ4v) is 2.37. The largest absolute Gasteiger partial charge is 0.554 e. The molecule has 0 spiro atoms. The van der Waals surface area contributed by atoms with Crippen LogP contribution in [0.5, 0.6) is 0 Å². The lowest BCUT2D eigenvalue weighted by atomic mass is 10.0. The van der Waals surface area contributed by atoms with Crippen LogP contribution in [0, 0.1) is 16.0 Å². The minimum absolute atomic E-state index is 0.0429. The molecule has 0 fully saturated rings. The summed E-state index contributed by atoms with van der Waals surface area (Å²) in [5.74, 6) is -0.851. The maximum Gasteiger partial charge on any atom is 0.412 e. The summed E-state index contributed by atoms with van der Waals surface area (Å²) in [5, 5.41) is 22.3. The van der Waals surface area contributed by atoms with Crippen LogP contribution in [0.4, 0.5) is 4.79 Å². The maximum atomic E-state index is 12.1. The van der Waals surface area contributed by atoms with Crippen LogP contribution in [-0.2, 0) is 30.6 Å². The van der Waals surface area contributed by atoms with Gasteiger partial charge in [0.1, 0.15) is 18.2 Å². The first-order chi connectivity index (χ1) is 15.6. The molecule has 1 rings (SSSR count). The summed E-state index contributed by atoms with van der Waals surface area (Å²) in [7, 11) is 0. The van der Waals surface area contributed by atoms with Gasteiger partial charge in [-0.15, -0.1) is 10.1 Å². The van der Waals surface area contributed by atoms with Crippen LogP contribution in [0.3, 0.4) is 0 Å². The SMILES string of the molecule is CCOC(=O)[C@H](CC(C)C)NC(=O)OC[n+]1cccc(C(=O)NCCO[N+](=O)[O-])c1.O=C[O-]. The summed E-state index contributed by atoms with van der Waals surface area (Å²) in [5.41, 5.74) is 0.256. The summed E-state index contributed by atoms with van der Waals surface area (Å²) < 4.78 is 11.5. The van der Waals surface area contributed by atoms with Crippen molar-refractivity contribution in [2.75, 3.05) is 19.8 Å². The van der Waals surface area contributed by atoms with Gasteiger partial charge in [0.2, 0.25) is 0 Å². The monoisotopic (exact) mass is 472 g/mol. The average molecular weight is 472 g/mol. The molecule has 14 heteroatoms. The number of hydrogen-bond donors (Lipinski definition) is 2. The number of amides is 2. The van der Waals surface area contributed by atoms with Crippen molar-refractivity contribution in [3.63, 3.8) is 0 Å². The fraction of sp³-hybridized carbons (Fsp3) is 0.526. The van der Waals surface area contributed by atoms with Gasteiger partial charge in [0.25, 0.3) is 17.7 Å². The quantitative estimate of drug-likeness (QED) is 0.0946. The van der Waals surface area contributed by atoms with Gasteiger partial charge >= 0.3 is 12.1 Å². The van der Waals surface area contributed by atoms with E-state index in [1.807, 2.05) is 13.8 Å². The highest BCUT2D eigenvalue weighted by Gasteiger charge is 2.24. The standard InChI is InChI=1S/C18H26N4O8.CH2O2/c1-4-28-17(24)15(10-13(2)3)20-18(25)29-12-21-8-5-6-14(11-21)16(23)19-7-9-30-22(26)27;2-1-3/h5-6,8,11,13,15H,4,7,9-10,12H2,1-3H3,(H-,19,20,23,25);1H,(H,2,3)/t15-;/m0./s1. The van der Waals surface area contributed by atoms with Gasteiger partial charge in [-0.3, -0.25) is 4.79 Å². The second-order valence-electron chi connectivity index (χ2n) is 6.66. The van der Waals surface area contributed by atoms with Gasteiger partial charge in [-0.1, -0.05) is 13.8 Å². The topological polar surface area (TPSA) is 190 Å². The van der Waals surface area contributed by atoms with Crippen LogP contribution >= 0.6 is 0 Å². The molecule has 1 aromatic rings. The first-order valence-electron chi connectivity index (χ1n) is 9.84. The number of carboxylic acid groups (broad SMARTS) is 1. The van der Waals surface area contributed by atoms with Crippen LogP contribution in [-0.4, -0.2) is 55.3 Å². The molecular weight excluding hydrogens is 444 g/mol. The number of nitrogens with zero attached hydrogens (tertiary/aromatic N) is 2. The van der Waals surface area contributed by atoms with Crippen molar-refractivity contribution >= 4 is 24.4 Å². The molecule has 0 radical (unpaired) electrons. The number of carbonyl (C=O) groups is 4. The normalized spacial score (nSPS) is 10.7. The summed E-state index contributed by atoms with van der Waals surface area (Å²) >= 11 is 0. The number of nitrogens with one attached hydrogen (secondary N) is 2. The lowest BCUT2D eigenvalue weighted by molar-refractivity contribution is -0.757. The zero-order chi connectivity index (χ0) is 25.2. The molecule has 1 aromatic heterocycles. The third-order valence-corrected chi connectivity index (χ3v) is 3.62. The van der Waals surface area contributed by atoms with E-state index in [0.29, 0.717) is 6.42 Å². The third-order valence-electron chi connectivity index (χ3n) is 3.62. The first kappa shape index (κ1) is 29.0. The molecule has 0 aliphatic rings. The zero-order valence-electron chi connectivity index (χ0n) is 18.6. The number of alkyl carbamates (subject to hydrolysis) is 1. The number of pyridine rings is 1. The highest BCUT2D eigenvalue weighted by molar-refractivity contribution is 5.93. The van der Waals surface area contributed by atoms with Gasteiger partial charge in [0, 0.05) is 19.1 Å². The smallest absolute Gasteiger partial charge is 0.412 e. The van der Waals surface area contributed by atoms with Gasteiger partial charge in [0.15, 0.2) is 12.4 Å². The van der Waals surface area contributed by atoms with Crippen LogP contribution in [0.1, 0.15) is 37.6 Å². The van der Waals surface area contributed by atoms with Crippen molar-refractivity contribution < 1.29 is 48.2 Å². The van der Waals surface area contributed by atoms with E-state index < -0.39 is 35.6 Å². The van der Waals surface area contributed by atoms with E-state index in [0.717, 1.165) is 0 Å². The van der Waals surface area contributed by atoms with E-state index >= 15 is 0 Å². The van der Waals surface area contributed by atoms with Gasteiger partial charge in [-0.2, -0.15) is 4.57 Å². The van der Waals surface area contributed by atoms with Crippen molar-refractivity contribution in [1.29, 1.82) is 0 Å². The van der Waals surface area contributed by atoms with Gasteiger partial charge in [-0.05, 0) is 25.3 Å². The molecule has 2 amide bonds. The number of hydrogen-bond acceptors (Lipinski definition) is 10. The first-order valence-corrected chi connectivity index (χ1v) is 9.84. The lowest BCUT2D eigenvalue weighted by Gasteiger charge is -2.18. The summed E-state index contributed by atoms with van der Waals surface area (Å²) in [6, 6.07) is 2.28. The number of ether oxygens (including phenoxy) is 2. The lowest BCUT2D eigenvalue weighted by Crippen LogP contribution is -2.45. The Labute approximate surface area is 189 Å². The summed E-state index contributed by atoms with van der Waals surface area (Å²) in [6.45, 7) is 4.69. The number of carbonyl (C=O) groups excluding carboxylic acids is 4. The Morgan fingerprint density at radius 2 is 1.94 bits per heavy atom. The van der Waals surface area contributed by atoms with Crippen molar-refractivity contribution in [2.24, 2.45) is 5.92 Å². The van der Waals surface area contributed by atoms with Crippen molar-refractivity contribution in [3.05, 3.63) is 40.2 Å². The zero-order valence-corrected chi connectivity index (χ0v) is 18.6. The Balaban J connectivity index is 0.00000322. The van der Waals surface area contributed by atoms with Crippen molar-refractivity contribution in [1.82, 2.24) is 10.6 Å². The molecule has 0 saturated carbocycles. The molecule has 0 saturated heterocycles. The number of aromatic nitrogens is 1. The van der Waals surface area contributed by atoms with Gasteiger partial charge in [0.05, 0.1) is 6.61 Å². The highest BCUT2D eigenvalue weighted by atomic mass is 16.9. The predicted molar refractivity (Wildman–Crippen MR) is 107 cm³/mol. The van der Waals surface area contributed by atoms with E-state index in [9.17, 15) is 24.5 Å². The summed E-state index contributed by atoms with van der Waals surface area (Å²) in [4.78, 5) is 58.5. The van der Waals surface area contributed by atoms with Gasteiger partial charge in [-0.25, -0.2) is 9.59 Å². The molecule has 184 valence electrons. The molecule has 0 aliphatic heterocycles. The fourth-order valence-electron chi connectivity index (χ4n) is 2.37. The maximum absolute atomic E-state index is 12.1. The molecule has 0 aromatic carbocycles. The molecule has 33 heavy (non-hydrogen) atoms. The molecule has 1 heterocycles. The van der Waals surface area contributed by atoms with Crippen molar-refractivity contribution in [3.8, 4) is 0 Å². The minimum atomic E-state index is -0.946. The van der Waals surface area contributed by atoms with E-state index in [2.05, 4.69) is 15.5 Å². The molecule has 14 nitrogen and oxygen atoms in total. The Kier molecular flexibility index (Phi) is 14.7. The average Bonchev–Trinajstić information content (AvgIpc) is 2.75. The van der Waals surface area contributed by atoms with Crippen LogP contribution < -0.4 is 20.3 Å². The molecule has 0 bridgehead atoms. The van der Waals surface area contributed by atoms with Crippen LogP contribution in [0.15, 0.2) is 24.5 Å². The molecule has 1 atom stereocenters. The Morgan fingerprint density at radius 1 is 1.27 bits per heavy atom. The van der Waals surface area contributed by atoms with Gasteiger partial charge < -0.3 is 34.8 Å². The molecular formula is C19H28N4O10. The van der Waals surface area contributed by atoms with Crippen LogP contribution in [0.2, 0.25) is 0 Å². The molecule has 0 unspecified atom stereocenters. The van der Waals surface area contributed by atoms with E-state index in [4.69, 9.17) is 19.4 Å². The third kappa shape index (κ3) is 13.9. The van der Waals surface area contributed by atoms with E-state index in [1.54, 1.807) is 19.2 Å². The predicted octanol–water partition coefficient (Wildman–Crippen LogP) is -1.06. The van der Waals surface area contributed by atoms with Crippen LogP contribution in [0.25, 0.3) is 0 Å². The number of rotatable bonds is 12. The highest BCUT2D eigenvalue weighted by Crippen LogP contribution is 2.07. The minimum Gasteiger partial charge on any atom is -0.554 e. The second-order valence-corrected chi connectivity index (χ2v) is 6.66. The van der Waals surface area contributed by atoms with Crippen molar-refractivity contribution in [2.45, 2.75) is 40.0 Å². The Bertz CT molecular complexity index is 788. The second kappa shape index (κ2) is 16.7. The molecule has 0 aliphatic carbocycles.